The highest BCUT2D eigenvalue weighted by Gasteiger charge is 2.35. The largest absolute Gasteiger partial charge is 0.340 e. The summed E-state index contributed by atoms with van der Waals surface area (Å²) >= 11 is 0. The second kappa shape index (κ2) is 7.68. The Balaban J connectivity index is 2.09. The van der Waals surface area contributed by atoms with Gasteiger partial charge in [-0.2, -0.15) is 5.10 Å². The summed E-state index contributed by atoms with van der Waals surface area (Å²) in [4.78, 5) is 17.2. The van der Waals surface area contributed by atoms with Crippen molar-refractivity contribution in [2.45, 2.75) is 60.0 Å². The maximum absolute atomic E-state index is 12.9. The maximum Gasteiger partial charge on any atom is 0.227 e. The number of hydrogen-bond acceptors (Lipinski definition) is 3. The first-order chi connectivity index (χ1) is 11.2. The fourth-order valence-electron chi connectivity index (χ4n) is 3.82. The van der Waals surface area contributed by atoms with Crippen molar-refractivity contribution in [1.82, 2.24) is 19.6 Å². The van der Waals surface area contributed by atoms with E-state index in [2.05, 4.69) is 61.4 Å². The molecule has 0 spiro atoms. The molecule has 2 unspecified atom stereocenters. The number of rotatable bonds is 6. The van der Waals surface area contributed by atoms with Crippen LogP contribution in [-0.2, 0) is 17.8 Å². The molecule has 0 aromatic carbocycles. The normalized spacial score (nSPS) is 21.3. The summed E-state index contributed by atoms with van der Waals surface area (Å²) < 4.78 is 2.06. The Morgan fingerprint density at radius 2 is 1.96 bits per heavy atom. The number of carbonyl (C=O) groups excluding carboxylic acids is 1. The van der Waals surface area contributed by atoms with E-state index < -0.39 is 0 Å². The molecule has 0 bridgehead atoms. The first kappa shape index (κ1) is 19.0. The number of hydrogen-bond donors (Lipinski definition) is 0. The highest BCUT2D eigenvalue weighted by Crippen LogP contribution is 2.25. The molecule has 24 heavy (non-hydrogen) atoms. The lowest BCUT2D eigenvalue weighted by Crippen LogP contribution is -2.36. The van der Waals surface area contributed by atoms with Gasteiger partial charge in [0, 0.05) is 36.9 Å². The number of likely N-dealkylation sites (N-methyl/N-ethyl adjacent to an activating group) is 1. The number of nitrogens with zero attached hydrogens (tertiary/aromatic N) is 4. The van der Waals surface area contributed by atoms with Gasteiger partial charge < -0.3 is 9.80 Å². The summed E-state index contributed by atoms with van der Waals surface area (Å²) in [6.45, 7) is 13.4. The quantitative estimate of drug-likeness (QED) is 0.803. The Labute approximate surface area is 147 Å². The summed E-state index contributed by atoms with van der Waals surface area (Å²) in [7, 11) is 4.23. The third kappa shape index (κ3) is 4.00. The van der Waals surface area contributed by atoms with Gasteiger partial charge in [-0.1, -0.05) is 27.2 Å². The smallest absolute Gasteiger partial charge is 0.227 e. The van der Waals surface area contributed by atoms with Crippen molar-refractivity contribution < 1.29 is 4.79 Å². The zero-order valence-corrected chi connectivity index (χ0v) is 16.5. The molecule has 1 aliphatic rings. The minimum atomic E-state index is 0.244. The minimum absolute atomic E-state index is 0.244. The molecule has 2 heterocycles. The number of amides is 1. The first-order valence-electron chi connectivity index (χ1n) is 9.21. The van der Waals surface area contributed by atoms with E-state index in [4.69, 9.17) is 0 Å². The monoisotopic (exact) mass is 334 g/mol. The minimum Gasteiger partial charge on any atom is -0.340 e. The molecule has 1 aromatic rings. The van der Waals surface area contributed by atoms with Gasteiger partial charge in [-0.05, 0) is 39.8 Å². The second-order valence-electron chi connectivity index (χ2n) is 7.90. The number of likely N-dealkylation sites (tertiary alicyclic amines) is 1. The van der Waals surface area contributed by atoms with Crippen molar-refractivity contribution in [3.05, 3.63) is 17.0 Å². The van der Waals surface area contributed by atoms with Gasteiger partial charge in [-0.15, -0.1) is 0 Å². The van der Waals surface area contributed by atoms with Crippen molar-refractivity contribution in [1.29, 1.82) is 0 Å². The van der Waals surface area contributed by atoms with Gasteiger partial charge in [0.1, 0.15) is 0 Å². The molecule has 136 valence electrons. The summed E-state index contributed by atoms with van der Waals surface area (Å²) in [6, 6.07) is 0.477. The average Bonchev–Trinajstić information content (AvgIpc) is 3.04. The summed E-state index contributed by atoms with van der Waals surface area (Å²) in [5.41, 5.74) is 3.25. The van der Waals surface area contributed by atoms with Crippen LogP contribution in [0.15, 0.2) is 0 Å². The van der Waals surface area contributed by atoms with E-state index in [0.29, 0.717) is 24.3 Å². The molecule has 2 atom stereocenters. The Morgan fingerprint density at radius 1 is 1.29 bits per heavy atom. The number of aryl methyl sites for hydroxylation is 1. The Morgan fingerprint density at radius 3 is 2.46 bits per heavy atom. The van der Waals surface area contributed by atoms with Crippen LogP contribution in [0.5, 0.6) is 0 Å². The fourth-order valence-corrected chi connectivity index (χ4v) is 3.82. The molecular formula is C19H34N4O. The van der Waals surface area contributed by atoms with Crippen LogP contribution in [0.2, 0.25) is 0 Å². The van der Waals surface area contributed by atoms with E-state index in [9.17, 15) is 4.79 Å². The molecule has 0 saturated carbocycles. The highest BCUT2D eigenvalue weighted by molar-refractivity contribution is 5.79. The molecule has 1 aliphatic heterocycles. The number of carbonyl (C=O) groups is 1. The fraction of sp³-hybridized carbons (Fsp3) is 0.789. The van der Waals surface area contributed by atoms with Gasteiger partial charge in [0.2, 0.25) is 5.91 Å². The predicted octanol–water partition coefficient (Wildman–Crippen LogP) is 2.50. The summed E-state index contributed by atoms with van der Waals surface area (Å²) in [5.74, 6) is 1.37. The van der Waals surface area contributed by atoms with E-state index in [1.165, 1.54) is 0 Å². The van der Waals surface area contributed by atoms with Gasteiger partial charge in [0.05, 0.1) is 12.1 Å². The molecule has 0 aliphatic carbocycles. The Hall–Kier alpha value is -1.36. The lowest BCUT2D eigenvalue weighted by atomic mass is 10.0. The van der Waals surface area contributed by atoms with Crippen LogP contribution in [-0.4, -0.2) is 58.7 Å². The first-order valence-corrected chi connectivity index (χ1v) is 9.21. The van der Waals surface area contributed by atoms with Crippen LogP contribution in [0.25, 0.3) is 0 Å². The SMILES string of the molecule is CCC1CN(C(=O)Cc2c(C)nn(CC(C)C)c2C)CC1N(C)C. The van der Waals surface area contributed by atoms with E-state index >= 15 is 0 Å². The molecule has 1 aromatic heterocycles. The van der Waals surface area contributed by atoms with Crippen molar-refractivity contribution in [2.24, 2.45) is 11.8 Å². The molecule has 1 fully saturated rings. The molecule has 1 amide bonds. The summed E-state index contributed by atoms with van der Waals surface area (Å²) in [6.07, 6.45) is 1.60. The van der Waals surface area contributed by atoms with Crippen LogP contribution < -0.4 is 0 Å². The van der Waals surface area contributed by atoms with E-state index in [0.717, 1.165) is 43.0 Å². The zero-order valence-electron chi connectivity index (χ0n) is 16.5. The van der Waals surface area contributed by atoms with Gasteiger partial charge in [-0.25, -0.2) is 0 Å². The lowest BCUT2D eigenvalue weighted by Gasteiger charge is -2.23. The van der Waals surface area contributed by atoms with Crippen LogP contribution in [0, 0.1) is 25.7 Å². The molecular weight excluding hydrogens is 300 g/mol. The van der Waals surface area contributed by atoms with E-state index in [1.807, 2.05) is 6.92 Å². The molecule has 2 rings (SSSR count). The van der Waals surface area contributed by atoms with Crippen LogP contribution in [0.3, 0.4) is 0 Å². The predicted molar refractivity (Wildman–Crippen MR) is 98.1 cm³/mol. The zero-order chi connectivity index (χ0) is 18.0. The van der Waals surface area contributed by atoms with Gasteiger partial charge in [0.25, 0.3) is 0 Å². The van der Waals surface area contributed by atoms with Crippen molar-refractivity contribution in [3.63, 3.8) is 0 Å². The number of aromatic nitrogens is 2. The highest BCUT2D eigenvalue weighted by atomic mass is 16.2. The van der Waals surface area contributed by atoms with Crippen molar-refractivity contribution >= 4 is 5.91 Å². The van der Waals surface area contributed by atoms with Crippen LogP contribution in [0.1, 0.15) is 44.1 Å². The topological polar surface area (TPSA) is 41.4 Å². The van der Waals surface area contributed by atoms with Gasteiger partial charge >= 0.3 is 0 Å². The van der Waals surface area contributed by atoms with Gasteiger partial charge in [-0.3, -0.25) is 9.48 Å². The molecule has 1 saturated heterocycles. The van der Waals surface area contributed by atoms with Gasteiger partial charge in [0.15, 0.2) is 0 Å². The molecule has 0 radical (unpaired) electrons. The maximum atomic E-state index is 12.9. The lowest BCUT2D eigenvalue weighted by molar-refractivity contribution is -0.129. The van der Waals surface area contributed by atoms with E-state index in [1.54, 1.807) is 0 Å². The second-order valence-corrected chi connectivity index (χ2v) is 7.90. The molecule has 5 nitrogen and oxygen atoms in total. The van der Waals surface area contributed by atoms with Crippen LogP contribution >= 0.6 is 0 Å². The van der Waals surface area contributed by atoms with Crippen molar-refractivity contribution in [3.8, 4) is 0 Å². The Bertz CT molecular complexity index is 576. The summed E-state index contributed by atoms with van der Waals surface area (Å²) in [5, 5.41) is 4.64. The standard InChI is InChI=1S/C19H34N4O/c1-8-16-11-22(12-18(16)21(6)7)19(24)9-17-14(4)20-23(15(17)5)10-13(2)3/h13,16,18H,8-12H2,1-7H3. The van der Waals surface area contributed by atoms with E-state index in [-0.39, 0.29) is 5.91 Å². The van der Waals surface area contributed by atoms with Crippen molar-refractivity contribution in [2.75, 3.05) is 27.2 Å². The average molecular weight is 335 g/mol. The van der Waals surface area contributed by atoms with Crippen LogP contribution in [0.4, 0.5) is 0 Å². The molecule has 5 heteroatoms. The third-order valence-electron chi connectivity index (χ3n) is 5.34. The Kier molecular flexibility index (Phi) is 6.07. The molecule has 0 N–H and O–H groups in total. The third-order valence-corrected chi connectivity index (χ3v) is 5.34.